The molecule has 0 heterocycles. The van der Waals surface area contributed by atoms with Crippen LogP contribution in [0.4, 0.5) is 0 Å². The second-order valence-electron chi connectivity index (χ2n) is 6.21. The highest BCUT2D eigenvalue weighted by molar-refractivity contribution is 5.43. The summed E-state index contributed by atoms with van der Waals surface area (Å²) in [6, 6.07) is 6.47. The molecule has 1 aromatic carbocycles. The number of aliphatic hydroxyl groups excluding tert-OH is 1. The zero-order valence-electron chi connectivity index (χ0n) is 13.3. The number of methoxy groups -OCH3 is 2. The highest BCUT2D eigenvalue weighted by Gasteiger charge is 2.28. The van der Waals surface area contributed by atoms with Crippen molar-refractivity contribution >= 4 is 0 Å². The van der Waals surface area contributed by atoms with E-state index < -0.39 is 0 Å². The van der Waals surface area contributed by atoms with Crippen molar-refractivity contribution in [1.29, 1.82) is 0 Å². The fourth-order valence-electron chi connectivity index (χ4n) is 3.16. The van der Waals surface area contributed by atoms with Crippen LogP contribution in [0.2, 0.25) is 0 Å². The molecule has 0 radical (unpaired) electrons. The maximum Gasteiger partial charge on any atom is 0.160 e. The van der Waals surface area contributed by atoms with Gasteiger partial charge in [-0.05, 0) is 43.9 Å². The fourth-order valence-corrected chi connectivity index (χ4v) is 3.16. The molecular formula is C17H27NO3. The lowest BCUT2D eigenvalue weighted by atomic mass is 9.92. The number of ether oxygens (including phenoxy) is 2. The fraction of sp³-hybridized carbons (Fsp3) is 0.647. The molecule has 1 aliphatic carbocycles. The molecule has 0 saturated heterocycles. The van der Waals surface area contributed by atoms with E-state index in [9.17, 15) is 5.11 Å². The minimum atomic E-state index is -0.297. The van der Waals surface area contributed by atoms with Crippen molar-refractivity contribution in [2.24, 2.45) is 0 Å². The molecule has 0 spiro atoms. The summed E-state index contributed by atoms with van der Waals surface area (Å²) in [5, 5.41) is 13.5. The Bertz CT molecular complexity index is 457. The molecule has 4 heteroatoms. The first-order valence-electron chi connectivity index (χ1n) is 7.69. The van der Waals surface area contributed by atoms with E-state index in [1.807, 2.05) is 18.2 Å². The van der Waals surface area contributed by atoms with E-state index in [-0.39, 0.29) is 12.1 Å². The van der Waals surface area contributed by atoms with Gasteiger partial charge in [-0.3, -0.25) is 0 Å². The van der Waals surface area contributed by atoms with Gasteiger partial charge in [-0.1, -0.05) is 18.9 Å². The van der Waals surface area contributed by atoms with Crippen molar-refractivity contribution < 1.29 is 14.6 Å². The predicted molar refractivity (Wildman–Crippen MR) is 84.1 cm³/mol. The molecule has 1 aliphatic rings. The SMILES string of the molecule is COc1ccc(CC(C)(CO)NC2CCCC2)cc1OC. The molecule has 2 N–H and O–H groups in total. The third kappa shape index (κ3) is 4.11. The molecule has 1 fully saturated rings. The van der Waals surface area contributed by atoms with Crippen LogP contribution in [0, 0.1) is 0 Å². The molecule has 0 aromatic heterocycles. The number of nitrogens with one attached hydrogen (secondary N) is 1. The summed E-state index contributed by atoms with van der Waals surface area (Å²) >= 11 is 0. The number of hydrogen-bond acceptors (Lipinski definition) is 4. The van der Waals surface area contributed by atoms with Gasteiger partial charge >= 0.3 is 0 Å². The Hall–Kier alpha value is -1.26. The Kier molecular flexibility index (Phi) is 5.48. The van der Waals surface area contributed by atoms with Crippen LogP contribution >= 0.6 is 0 Å². The van der Waals surface area contributed by atoms with Crippen LogP contribution in [0.3, 0.4) is 0 Å². The predicted octanol–water partition coefficient (Wildman–Crippen LogP) is 2.53. The molecular weight excluding hydrogens is 266 g/mol. The molecule has 1 saturated carbocycles. The first kappa shape index (κ1) is 16.1. The third-order valence-electron chi connectivity index (χ3n) is 4.30. The van der Waals surface area contributed by atoms with Crippen LogP contribution in [-0.4, -0.2) is 37.5 Å². The molecule has 1 atom stereocenters. The van der Waals surface area contributed by atoms with E-state index in [2.05, 4.69) is 12.2 Å². The first-order valence-corrected chi connectivity index (χ1v) is 7.69. The molecule has 21 heavy (non-hydrogen) atoms. The summed E-state index contributed by atoms with van der Waals surface area (Å²) in [5.41, 5.74) is 0.837. The van der Waals surface area contributed by atoms with Gasteiger partial charge < -0.3 is 19.9 Å². The van der Waals surface area contributed by atoms with Crippen molar-refractivity contribution in [1.82, 2.24) is 5.32 Å². The zero-order chi connectivity index (χ0) is 15.3. The van der Waals surface area contributed by atoms with Gasteiger partial charge in [0.05, 0.1) is 20.8 Å². The van der Waals surface area contributed by atoms with Crippen molar-refractivity contribution in [2.45, 2.75) is 50.6 Å². The molecule has 4 nitrogen and oxygen atoms in total. The van der Waals surface area contributed by atoms with Crippen LogP contribution < -0.4 is 14.8 Å². The van der Waals surface area contributed by atoms with Gasteiger partial charge in [0.1, 0.15) is 0 Å². The summed E-state index contributed by atoms with van der Waals surface area (Å²) < 4.78 is 10.6. The van der Waals surface area contributed by atoms with Gasteiger partial charge in [0.25, 0.3) is 0 Å². The molecule has 0 amide bonds. The van der Waals surface area contributed by atoms with Gasteiger partial charge in [0.15, 0.2) is 11.5 Å². The molecule has 0 bridgehead atoms. The van der Waals surface area contributed by atoms with Gasteiger partial charge in [0, 0.05) is 11.6 Å². The number of hydrogen-bond donors (Lipinski definition) is 2. The maximum absolute atomic E-state index is 9.82. The van der Waals surface area contributed by atoms with Crippen molar-refractivity contribution in [2.75, 3.05) is 20.8 Å². The van der Waals surface area contributed by atoms with Crippen molar-refractivity contribution in [3.8, 4) is 11.5 Å². The van der Waals surface area contributed by atoms with E-state index in [0.29, 0.717) is 6.04 Å². The van der Waals surface area contributed by atoms with Crippen LogP contribution in [0.25, 0.3) is 0 Å². The van der Waals surface area contributed by atoms with E-state index in [0.717, 1.165) is 23.5 Å². The average Bonchev–Trinajstić information content (AvgIpc) is 2.99. The first-order chi connectivity index (χ1) is 10.1. The second-order valence-corrected chi connectivity index (χ2v) is 6.21. The number of aliphatic hydroxyl groups is 1. The lowest BCUT2D eigenvalue weighted by molar-refractivity contribution is 0.160. The Morgan fingerprint density at radius 1 is 1.19 bits per heavy atom. The minimum absolute atomic E-state index is 0.123. The average molecular weight is 293 g/mol. The number of rotatable bonds is 7. The largest absolute Gasteiger partial charge is 0.493 e. The van der Waals surface area contributed by atoms with E-state index in [4.69, 9.17) is 9.47 Å². The Labute approximate surface area is 127 Å². The van der Waals surface area contributed by atoms with E-state index in [1.165, 1.54) is 25.7 Å². The Morgan fingerprint density at radius 3 is 2.43 bits per heavy atom. The topological polar surface area (TPSA) is 50.7 Å². The van der Waals surface area contributed by atoms with E-state index >= 15 is 0 Å². The van der Waals surface area contributed by atoms with E-state index in [1.54, 1.807) is 14.2 Å². The quantitative estimate of drug-likeness (QED) is 0.811. The Morgan fingerprint density at radius 2 is 1.86 bits per heavy atom. The summed E-state index contributed by atoms with van der Waals surface area (Å²) in [7, 11) is 3.28. The van der Waals surface area contributed by atoms with Crippen LogP contribution in [-0.2, 0) is 6.42 Å². The summed E-state index contributed by atoms with van der Waals surface area (Å²) in [6.45, 7) is 2.21. The Balaban J connectivity index is 2.09. The van der Waals surface area contributed by atoms with Crippen LogP contribution in [0.15, 0.2) is 18.2 Å². The second kappa shape index (κ2) is 7.14. The summed E-state index contributed by atoms with van der Waals surface area (Å²) in [6.07, 6.45) is 5.76. The monoisotopic (exact) mass is 293 g/mol. The van der Waals surface area contributed by atoms with Gasteiger partial charge in [-0.2, -0.15) is 0 Å². The lowest BCUT2D eigenvalue weighted by Gasteiger charge is -2.32. The maximum atomic E-state index is 9.82. The van der Waals surface area contributed by atoms with Crippen LogP contribution in [0.1, 0.15) is 38.2 Å². The third-order valence-corrected chi connectivity index (χ3v) is 4.30. The lowest BCUT2D eigenvalue weighted by Crippen LogP contribution is -2.51. The summed E-state index contributed by atoms with van der Waals surface area (Å²) in [5.74, 6) is 1.46. The standard InChI is InChI=1S/C17H27NO3/c1-17(12-19,18-14-6-4-5-7-14)11-13-8-9-15(20-2)16(10-13)21-3/h8-10,14,18-19H,4-7,11-12H2,1-3H3. The smallest absolute Gasteiger partial charge is 0.160 e. The van der Waals surface area contributed by atoms with Crippen molar-refractivity contribution in [3.63, 3.8) is 0 Å². The highest BCUT2D eigenvalue weighted by atomic mass is 16.5. The molecule has 1 unspecified atom stereocenters. The van der Waals surface area contributed by atoms with Crippen LogP contribution in [0.5, 0.6) is 11.5 Å². The van der Waals surface area contributed by atoms with Gasteiger partial charge in [-0.25, -0.2) is 0 Å². The minimum Gasteiger partial charge on any atom is -0.493 e. The van der Waals surface area contributed by atoms with Crippen molar-refractivity contribution in [3.05, 3.63) is 23.8 Å². The molecule has 0 aliphatic heterocycles. The molecule has 118 valence electrons. The molecule has 2 rings (SSSR count). The molecule has 1 aromatic rings. The normalized spacial score (nSPS) is 18.5. The van der Waals surface area contributed by atoms with Gasteiger partial charge in [0.2, 0.25) is 0 Å². The van der Waals surface area contributed by atoms with Gasteiger partial charge in [-0.15, -0.1) is 0 Å². The zero-order valence-corrected chi connectivity index (χ0v) is 13.3. The highest BCUT2D eigenvalue weighted by Crippen LogP contribution is 2.29. The number of benzene rings is 1. The summed E-state index contributed by atoms with van der Waals surface area (Å²) in [4.78, 5) is 0.